The highest BCUT2D eigenvalue weighted by atomic mass is 32.2. The fourth-order valence-corrected chi connectivity index (χ4v) is 2.53. The molecule has 0 fully saturated rings. The summed E-state index contributed by atoms with van der Waals surface area (Å²) >= 11 is 0. The Hall–Kier alpha value is -2.73. The highest BCUT2D eigenvalue weighted by Gasteiger charge is 2.38. The zero-order valence-corrected chi connectivity index (χ0v) is 15.3. The molecule has 2 N–H and O–H groups in total. The van der Waals surface area contributed by atoms with E-state index in [1.807, 2.05) is 6.92 Å². The number of halogens is 3. The Labute approximate surface area is 153 Å². The molecule has 12 heteroatoms. The minimum atomic E-state index is -5.08. The number of carboxylic acids is 1. The van der Waals surface area contributed by atoms with E-state index in [9.17, 15) is 21.6 Å². The van der Waals surface area contributed by atoms with Gasteiger partial charge in [-0.15, -0.1) is 0 Å². The van der Waals surface area contributed by atoms with Crippen molar-refractivity contribution in [1.29, 1.82) is 0 Å². The van der Waals surface area contributed by atoms with E-state index in [1.165, 1.54) is 18.4 Å². The monoisotopic (exact) mass is 406 g/mol. The molecular formula is C15H17F3N4O4S. The van der Waals surface area contributed by atoms with Crippen LogP contribution in [0.4, 0.5) is 24.8 Å². The topological polar surface area (TPSA) is 112 Å². The van der Waals surface area contributed by atoms with Gasteiger partial charge in [-0.2, -0.15) is 13.2 Å². The van der Waals surface area contributed by atoms with Gasteiger partial charge in [0.15, 0.2) is 0 Å². The summed E-state index contributed by atoms with van der Waals surface area (Å²) in [5.41, 5.74) is 1.46. The largest absolute Gasteiger partial charge is 0.490 e. The van der Waals surface area contributed by atoms with Crippen molar-refractivity contribution in [2.45, 2.75) is 18.0 Å². The highest BCUT2D eigenvalue weighted by molar-refractivity contribution is 7.89. The molecule has 1 heterocycles. The Morgan fingerprint density at radius 2 is 1.81 bits per heavy atom. The Balaban J connectivity index is 0.000000445. The predicted octanol–water partition coefficient (Wildman–Crippen LogP) is 2.41. The molecule has 2 aromatic rings. The molecule has 0 atom stereocenters. The van der Waals surface area contributed by atoms with E-state index in [0.29, 0.717) is 11.6 Å². The lowest BCUT2D eigenvalue weighted by Gasteiger charge is -2.12. The number of anilines is 2. The van der Waals surface area contributed by atoms with Crippen LogP contribution in [0.3, 0.4) is 0 Å². The number of hydrogen-bond acceptors (Lipinski definition) is 6. The van der Waals surface area contributed by atoms with Crippen molar-refractivity contribution in [2.75, 3.05) is 19.4 Å². The first kappa shape index (κ1) is 22.3. The molecule has 0 spiro atoms. The molecule has 0 bridgehead atoms. The van der Waals surface area contributed by atoms with E-state index >= 15 is 0 Å². The van der Waals surface area contributed by atoms with E-state index < -0.39 is 22.2 Å². The maximum atomic E-state index is 12.1. The number of rotatable bonds is 4. The predicted molar refractivity (Wildman–Crippen MR) is 91.1 cm³/mol. The van der Waals surface area contributed by atoms with Crippen LogP contribution in [0.15, 0.2) is 41.4 Å². The third-order valence-electron chi connectivity index (χ3n) is 2.91. The van der Waals surface area contributed by atoms with E-state index in [-0.39, 0.29) is 4.90 Å². The van der Waals surface area contributed by atoms with Crippen LogP contribution in [-0.4, -0.2) is 54.0 Å². The van der Waals surface area contributed by atoms with Gasteiger partial charge in [0.25, 0.3) is 0 Å². The fourth-order valence-electron chi connectivity index (χ4n) is 1.58. The van der Waals surface area contributed by atoms with Gasteiger partial charge in [0.05, 0.1) is 4.90 Å². The Morgan fingerprint density at radius 1 is 1.22 bits per heavy atom. The number of aryl methyl sites for hydroxylation is 1. The van der Waals surface area contributed by atoms with Crippen molar-refractivity contribution in [1.82, 2.24) is 14.3 Å². The summed E-state index contributed by atoms with van der Waals surface area (Å²) in [6.07, 6.45) is -3.44. The van der Waals surface area contributed by atoms with Crippen molar-refractivity contribution in [3.63, 3.8) is 0 Å². The van der Waals surface area contributed by atoms with Crippen LogP contribution in [-0.2, 0) is 14.8 Å². The molecule has 148 valence electrons. The van der Waals surface area contributed by atoms with Gasteiger partial charge in [0.1, 0.15) is 0 Å². The van der Waals surface area contributed by atoms with Gasteiger partial charge < -0.3 is 10.4 Å². The van der Waals surface area contributed by atoms with Crippen LogP contribution >= 0.6 is 0 Å². The summed E-state index contributed by atoms with van der Waals surface area (Å²) < 4.78 is 57.0. The lowest BCUT2D eigenvalue weighted by atomic mass is 10.3. The molecule has 27 heavy (non-hydrogen) atoms. The lowest BCUT2D eigenvalue weighted by Crippen LogP contribution is -2.22. The van der Waals surface area contributed by atoms with E-state index in [0.717, 1.165) is 5.69 Å². The highest BCUT2D eigenvalue weighted by Crippen LogP contribution is 2.20. The van der Waals surface area contributed by atoms with Crippen molar-refractivity contribution in [3.05, 3.63) is 42.2 Å². The summed E-state index contributed by atoms with van der Waals surface area (Å²) in [7, 11) is -0.449. The molecule has 0 saturated carbocycles. The summed E-state index contributed by atoms with van der Waals surface area (Å²) in [4.78, 5) is 17.4. The van der Waals surface area contributed by atoms with E-state index in [1.54, 1.807) is 36.5 Å². The number of hydrogen-bond donors (Lipinski definition) is 2. The first-order chi connectivity index (χ1) is 12.3. The lowest BCUT2D eigenvalue weighted by molar-refractivity contribution is -0.192. The molecule has 0 radical (unpaired) electrons. The van der Waals surface area contributed by atoms with Crippen LogP contribution in [0.2, 0.25) is 0 Å². The molecule has 2 rings (SSSR count). The Bertz CT molecular complexity index is 902. The summed E-state index contributed by atoms with van der Waals surface area (Å²) in [5, 5.41) is 10.1. The number of aliphatic carboxylic acids is 1. The standard InChI is InChI=1S/C13H16N4O2S.C2HF3O2/c1-10-7-8-14-13(15-10)16-11-5-4-6-12(9-11)20(18,19)17(2)3;3-2(4,5)1(6)7/h4-9H,1-3H3,(H,14,15,16);(H,6,7). The number of nitrogens with one attached hydrogen (secondary N) is 1. The summed E-state index contributed by atoms with van der Waals surface area (Å²) in [6.45, 7) is 1.86. The van der Waals surface area contributed by atoms with Crippen LogP contribution < -0.4 is 5.32 Å². The second-order valence-corrected chi connectivity index (χ2v) is 7.42. The Morgan fingerprint density at radius 3 is 2.30 bits per heavy atom. The third kappa shape index (κ3) is 6.83. The first-order valence-corrected chi connectivity index (χ1v) is 8.67. The average molecular weight is 406 g/mol. The minimum Gasteiger partial charge on any atom is -0.475 e. The molecule has 0 unspecified atom stereocenters. The maximum Gasteiger partial charge on any atom is 0.490 e. The summed E-state index contributed by atoms with van der Waals surface area (Å²) in [5.74, 6) is -2.32. The molecule has 1 aromatic carbocycles. The SMILES string of the molecule is Cc1ccnc(Nc2cccc(S(=O)(=O)N(C)C)c2)n1.O=C(O)C(F)(F)F. The molecular weight excluding hydrogens is 389 g/mol. The molecule has 0 aliphatic rings. The van der Waals surface area contributed by atoms with Gasteiger partial charge in [0.2, 0.25) is 16.0 Å². The fraction of sp³-hybridized carbons (Fsp3) is 0.267. The zero-order valence-electron chi connectivity index (χ0n) is 14.5. The van der Waals surface area contributed by atoms with Gasteiger partial charge in [-0.1, -0.05) is 6.07 Å². The third-order valence-corrected chi connectivity index (χ3v) is 4.72. The first-order valence-electron chi connectivity index (χ1n) is 7.23. The number of nitrogens with zero attached hydrogens (tertiary/aromatic N) is 3. The van der Waals surface area contributed by atoms with Crippen LogP contribution in [0, 0.1) is 6.92 Å². The average Bonchev–Trinajstić information content (AvgIpc) is 2.54. The van der Waals surface area contributed by atoms with Crippen molar-refractivity contribution in [3.8, 4) is 0 Å². The smallest absolute Gasteiger partial charge is 0.475 e. The van der Waals surface area contributed by atoms with Crippen LogP contribution in [0.1, 0.15) is 5.69 Å². The van der Waals surface area contributed by atoms with Crippen LogP contribution in [0.25, 0.3) is 0 Å². The van der Waals surface area contributed by atoms with E-state index in [4.69, 9.17) is 9.90 Å². The number of alkyl halides is 3. The summed E-state index contributed by atoms with van der Waals surface area (Å²) in [6, 6.07) is 8.34. The quantitative estimate of drug-likeness (QED) is 0.802. The maximum absolute atomic E-state index is 12.1. The van der Waals surface area contributed by atoms with Crippen molar-refractivity contribution >= 4 is 27.6 Å². The second kappa shape index (κ2) is 8.77. The van der Waals surface area contributed by atoms with Crippen molar-refractivity contribution < 1.29 is 31.5 Å². The van der Waals surface area contributed by atoms with Crippen LogP contribution in [0.5, 0.6) is 0 Å². The van der Waals surface area contributed by atoms with E-state index in [2.05, 4.69) is 15.3 Å². The minimum absolute atomic E-state index is 0.222. The van der Waals surface area contributed by atoms with Gasteiger partial charge in [-0.05, 0) is 31.2 Å². The van der Waals surface area contributed by atoms with Gasteiger partial charge in [-0.3, -0.25) is 0 Å². The molecule has 0 amide bonds. The Kier molecular flexibility index (Phi) is 7.25. The number of aromatic nitrogens is 2. The number of benzene rings is 1. The number of carbonyl (C=O) groups is 1. The molecule has 0 aliphatic carbocycles. The van der Waals surface area contributed by atoms with Gasteiger partial charge in [0, 0.05) is 31.7 Å². The normalized spacial score (nSPS) is 11.5. The zero-order chi connectivity index (χ0) is 20.8. The van der Waals surface area contributed by atoms with Crippen molar-refractivity contribution in [2.24, 2.45) is 0 Å². The second-order valence-electron chi connectivity index (χ2n) is 5.26. The number of carboxylic acid groups (broad SMARTS) is 1. The van der Waals surface area contributed by atoms with Gasteiger partial charge >= 0.3 is 12.1 Å². The molecule has 0 saturated heterocycles. The molecule has 1 aromatic heterocycles. The molecule has 0 aliphatic heterocycles. The molecule has 8 nitrogen and oxygen atoms in total. The van der Waals surface area contributed by atoms with Gasteiger partial charge in [-0.25, -0.2) is 27.5 Å². The number of sulfonamides is 1.